The fourth-order valence-electron chi connectivity index (χ4n) is 9.71. The highest BCUT2D eigenvalue weighted by Gasteiger charge is 2.53. The molecule has 0 bridgehead atoms. The molecule has 0 radical (unpaired) electrons. The molecule has 91 heavy (non-hydrogen) atoms. The number of aliphatic hydroxyl groups excluding tert-OH is 4. The SMILES string of the molecule is CCNC1CC(N)C(OC2OC(CN)=CCC2N)C(O)C1OC1OC[C@](C)(O)C(NC)C1O.CCNC1CC(N)C(OC2OC(CN)=CCC2N)C(O)C1OC1OC[C@](C)(O)C(NC)C1O.O=S(=O)(O)O.O=S(=O)(O)O.O=S(=O)(O)O.O=S(=O)(O)O.O=S(=O)(O)O. The number of hydrogen-bond acceptors (Lipinski definition) is 34. The molecule has 6 aliphatic rings. The van der Waals surface area contributed by atoms with Gasteiger partial charge in [-0.25, -0.2) is 0 Å². The van der Waals surface area contributed by atoms with Crippen LogP contribution < -0.4 is 55.7 Å². The van der Waals surface area contributed by atoms with Gasteiger partial charge in [-0.2, -0.15) is 42.1 Å². The highest BCUT2D eigenvalue weighted by Crippen LogP contribution is 2.34. The van der Waals surface area contributed by atoms with E-state index in [1.165, 1.54) is 0 Å². The van der Waals surface area contributed by atoms with Crippen LogP contribution in [-0.2, 0) is 89.9 Å². The van der Waals surface area contributed by atoms with Crippen LogP contribution in [0.25, 0.3) is 0 Å². The van der Waals surface area contributed by atoms with Gasteiger partial charge in [0.2, 0.25) is 12.6 Å². The molecule has 4 aliphatic heterocycles. The molecule has 22 atom stereocenters. The Kier molecular flexibility index (Phi) is 38.0. The molecule has 0 aromatic carbocycles. The minimum Gasteiger partial charge on any atom is -0.467 e. The van der Waals surface area contributed by atoms with Gasteiger partial charge in [-0.15, -0.1) is 0 Å². The van der Waals surface area contributed by atoms with Crippen LogP contribution in [0.1, 0.15) is 53.4 Å². The molecule has 4 heterocycles. The Labute approximate surface area is 525 Å². The number of ether oxygens (including phenoxy) is 8. The van der Waals surface area contributed by atoms with E-state index in [4.69, 9.17) is 160 Å². The second kappa shape index (κ2) is 39.1. The number of nitrogens with two attached hydrogens (primary N) is 6. The molecule has 0 aromatic heterocycles. The van der Waals surface area contributed by atoms with E-state index < -0.39 is 173 Å². The Balaban J connectivity index is 0.00000130. The van der Waals surface area contributed by atoms with Crippen LogP contribution in [0.5, 0.6) is 0 Å². The summed E-state index contributed by atoms with van der Waals surface area (Å²) in [7, 11) is -20.1. The van der Waals surface area contributed by atoms with Gasteiger partial charge in [0.05, 0.1) is 50.5 Å². The largest absolute Gasteiger partial charge is 0.467 e. The zero-order valence-electron chi connectivity index (χ0n) is 49.8. The first-order valence-electron chi connectivity index (χ1n) is 26.7. The maximum atomic E-state index is 11.3. The molecule has 2 aliphatic carbocycles. The standard InChI is InChI=1S/2C21H41N5O7.5H2O4S/c2*1-4-26-13-7-12(24)16(32-19-11(23)6-5-10(8-22)31-19)14(27)17(13)33-20-15(28)18(25-3)21(2,29)9-30-20;5*1-5(2,3)4/h2*5,11-20,25-29H,4,6-9,22-24H2,1-3H3;5*(H2,1,2,3,4)/t2*11?,12?,13?,14?,15?,16?,17?,18?,19?,20?,21-;;;;;/m00...../s1. The zero-order chi connectivity index (χ0) is 71.2. The van der Waals surface area contributed by atoms with E-state index in [0.717, 1.165) is 0 Å². The van der Waals surface area contributed by atoms with E-state index >= 15 is 0 Å². The van der Waals surface area contributed by atoms with Crippen molar-refractivity contribution in [3.05, 3.63) is 23.7 Å². The normalized spacial score (nSPS) is 36.9. The molecule has 44 nitrogen and oxygen atoms in total. The summed E-state index contributed by atoms with van der Waals surface area (Å²) < 4.78 is 205. The van der Waals surface area contributed by atoms with E-state index in [1.54, 1.807) is 27.9 Å². The summed E-state index contributed by atoms with van der Waals surface area (Å²) in [4.78, 5) is 0. The maximum Gasteiger partial charge on any atom is 0.394 e. The van der Waals surface area contributed by atoms with Gasteiger partial charge in [0.15, 0.2) is 12.6 Å². The van der Waals surface area contributed by atoms with Crippen molar-refractivity contribution in [3.8, 4) is 0 Å². The molecule has 2 saturated carbocycles. The summed E-state index contributed by atoms with van der Waals surface area (Å²) in [5.74, 6) is 1.14. The summed E-state index contributed by atoms with van der Waals surface area (Å²) in [6.07, 6.45) is -6.11. The molecular formula is C42H92N10O34S5. The van der Waals surface area contributed by atoms with Crippen molar-refractivity contribution < 1.29 is 156 Å². The smallest absolute Gasteiger partial charge is 0.394 e. The fraction of sp³-hybridized carbons (Fsp3) is 0.905. The van der Waals surface area contributed by atoms with Gasteiger partial charge in [0, 0.05) is 24.2 Å². The minimum atomic E-state index is -4.67. The van der Waals surface area contributed by atoms with Crippen LogP contribution >= 0.6 is 0 Å². The van der Waals surface area contributed by atoms with E-state index in [1.807, 2.05) is 26.0 Å². The Morgan fingerprint density at radius 3 is 0.956 bits per heavy atom. The van der Waals surface area contributed by atoms with Gasteiger partial charge < -0.3 is 124 Å². The number of rotatable bonds is 16. The molecular weight excluding hydrogens is 1350 g/mol. The number of nitrogens with one attached hydrogen (secondary N) is 4. The van der Waals surface area contributed by atoms with E-state index in [-0.39, 0.29) is 38.4 Å². The third-order valence-electron chi connectivity index (χ3n) is 13.3. The van der Waals surface area contributed by atoms with E-state index in [9.17, 15) is 30.6 Å². The Bertz CT molecular complexity index is 2460. The van der Waals surface area contributed by atoms with Crippen LogP contribution in [0.3, 0.4) is 0 Å². The quantitative estimate of drug-likeness (QED) is 0.0638. The first-order valence-corrected chi connectivity index (χ1v) is 33.7. The third-order valence-corrected chi connectivity index (χ3v) is 13.3. The average molecular weight is 1440 g/mol. The summed E-state index contributed by atoms with van der Waals surface area (Å²) in [5.41, 5.74) is 33.9. The second-order valence-electron chi connectivity index (χ2n) is 20.9. The van der Waals surface area contributed by atoms with Crippen LogP contribution in [0.2, 0.25) is 0 Å². The fourth-order valence-corrected chi connectivity index (χ4v) is 9.71. The summed E-state index contributed by atoms with van der Waals surface area (Å²) in [6, 6.07) is -3.90. The van der Waals surface area contributed by atoms with Crippen molar-refractivity contribution in [1.82, 2.24) is 21.3 Å². The molecule has 2 saturated heterocycles. The number of likely N-dealkylation sites (N-methyl/N-ethyl adjacent to an activating group) is 4. The molecule has 6 rings (SSSR count). The number of hydrogen-bond donors (Lipinski definition) is 26. The predicted molar refractivity (Wildman–Crippen MR) is 310 cm³/mol. The van der Waals surface area contributed by atoms with Crippen molar-refractivity contribution >= 4 is 52.0 Å². The highest BCUT2D eigenvalue weighted by atomic mass is 32.3. The lowest BCUT2D eigenvalue weighted by atomic mass is 9.83. The molecule has 0 spiro atoms. The Hall–Kier alpha value is -2.45. The molecule has 544 valence electrons. The summed E-state index contributed by atoms with van der Waals surface area (Å²) >= 11 is 0. The van der Waals surface area contributed by atoms with E-state index in [2.05, 4.69) is 21.3 Å². The molecule has 0 aromatic rings. The van der Waals surface area contributed by atoms with Crippen molar-refractivity contribution in [2.24, 2.45) is 34.4 Å². The van der Waals surface area contributed by atoms with Gasteiger partial charge >= 0.3 is 52.0 Å². The first-order chi connectivity index (χ1) is 41.2. The number of aliphatic hydroxyl groups is 6. The second-order valence-corrected chi connectivity index (χ2v) is 25.3. The van der Waals surface area contributed by atoms with Crippen molar-refractivity contribution in [1.29, 1.82) is 0 Å². The lowest BCUT2D eigenvalue weighted by Crippen LogP contribution is -2.69. The van der Waals surface area contributed by atoms with Gasteiger partial charge in [-0.05, 0) is 78.9 Å². The predicted octanol–water partition coefficient (Wildman–Crippen LogP) is -9.67. The third kappa shape index (κ3) is 35.9. The highest BCUT2D eigenvalue weighted by molar-refractivity contribution is 7.80. The monoisotopic (exact) mass is 1440 g/mol. The lowest BCUT2D eigenvalue weighted by Gasteiger charge is -2.49. The zero-order valence-corrected chi connectivity index (χ0v) is 53.9. The molecule has 32 N–H and O–H groups in total. The van der Waals surface area contributed by atoms with Crippen LogP contribution in [-0.4, -0.2) is 305 Å². The maximum absolute atomic E-state index is 11.3. The molecule has 0 amide bonds. The molecule has 20 unspecified atom stereocenters. The van der Waals surface area contributed by atoms with Gasteiger partial charge in [0.25, 0.3) is 0 Å². The van der Waals surface area contributed by atoms with Crippen LogP contribution in [0.15, 0.2) is 23.7 Å². The van der Waals surface area contributed by atoms with Gasteiger partial charge in [0.1, 0.15) is 71.6 Å². The topological polar surface area (TPSA) is 772 Å². The summed E-state index contributed by atoms with van der Waals surface area (Å²) in [5, 5.41) is 77.5. The van der Waals surface area contributed by atoms with Crippen molar-refractivity contribution in [2.75, 3.05) is 53.5 Å². The minimum absolute atomic E-state index is 0.0483. The van der Waals surface area contributed by atoms with Gasteiger partial charge in [-0.1, -0.05) is 13.8 Å². The van der Waals surface area contributed by atoms with Crippen molar-refractivity contribution in [3.63, 3.8) is 0 Å². The average Bonchev–Trinajstić information content (AvgIpc) is 0.801. The first kappa shape index (κ1) is 88.5. The Morgan fingerprint density at radius 1 is 0.473 bits per heavy atom. The summed E-state index contributed by atoms with van der Waals surface area (Å²) in [6.45, 7) is 8.61. The van der Waals surface area contributed by atoms with Crippen LogP contribution in [0.4, 0.5) is 0 Å². The molecule has 4 fully saturated rings. The molecule has 49 heteroatoms. The Morgan fingerprint density at radius 2 is 0.725 bits per heavy atom. The van der Waals surface area contributed by atoms with E-state index in [0.29, 0.717) is 50.3 Å². The van der Waals surface area contributed by atoms with Crippen LogP contribution in [0, 0.1) is 0 Å². The van der Waals surface area contributed by atoms with Gasteiger partial charge in [-0.3, -0.25) is 45.5 Å². The van der Waals surface area contributed by atoms with Crippen molar-refractivity contribution in [2.45, 2.75) is 187 Å². The lowest BCUT2D eigenvalue weighted by molar-refractivity contribution is -0.304.